The Bertz CT molecular complexity index is 525. The number of pyridine rings is 1. The lowest BCUT2D eigenvalue weighted by Crippen LogP contribution is -2.52. The Labute approximate surface area is 120 Å². The standard InChI is InChI=1S/C13H21N3O3S/c1-11-8-16(9-12(2)19-11)20(17,18)15(3)10-13-5-4-6-14-7-13/h4-7,11-12H,8-10H2,1-3H3/t11-,12-/m0/s1. The van der Waals surface area contributed by atoms with E-state index in [1.807, 2.05) is 19.9 Å². The molecule has 6 nitrogen and oxygen atoms in total. The second kappa shape index (κ2) is 6.17. The molecule has 0 amide bonds. The van der Waals surface area contributed by atoms with Gasteiger partial charge in [0.15, 0.2) is 0 Å². The van der Waals surface area contributed by atoms with Gasteiger partial charge in [0.05, 0.1) is 12.2 Å². The van der Waals surface area contributed by atoms with Crippen molar-refractivity contribution in [2.45, 2.75) is 32.6 Å². The summed E-state index contributed by atoms with van der Waals surface area (Å²) in [5.41, 5.74) is 0.868. The summed E-state index contributed by atoms with van der Waals surface area (Å²) in [5.74, 6) is 0. The van der Waals surface area contributed by atoms with Gasteiger partial charge in [0.25, 0.3) is 10.2 Å². The zero-order valence-corrected chi connectivity index (χ0v) is 12.9. The maximum absolute atomic E-state index is 12.6. The van der Waals surface area contributed by atoms with E-state index in [1.165, 1.54) is 8.61 Å². The van der Waals surface area contributed by atoms with Gasteiger partial charge in [-0.1, -0.05) is 6.07 Å². The van der Waals surface area contributed by atoms with Crippen molar-refractivity contribution in [3.63, 3.8) is 0 Å². The predicted molar refractivity (Wildman–Crippen MR) is 76.2 cm³/mol. The normalized spacial score (nSPS) is 25.0. The van der Waals surface area contributed by atoms with Crippen LogP contribution in [-0.2, 0) is 21.5 Å². The Balaban J connectivity index is 2.09. The first-order chi connectivity index (χ1) is 9.39. The van der Waals surface area contributed by atoms with Crippen molar-refractivity contribution in [2.24, 2.45) is 0 Å². The van der Waals surface area contributed by atoms with Gasteiger partial charge in [-0.25, -0.2) is 0 Å². The Morgan fingerprint density at radius 1 is 1.40 bits per heavy atom. The van der Waals surface area contributed by atoms with E-state index in [9.17, 15) is 8.42 Å². The molecule has 1 aliphatic rings. The van der Waals surface area contributed by atoms with E-state index in [2.05, 4.69) is 4.98 Å². The molecule has 7 heteroatoms. The molecule has 0 saturated carbocycles. The number of ether oxygens (including phenoxy) is 1. The molecule has 0 N–H and O–H groups in total. The van der Waals surface area contributed by atoms with Crippen LogP contribution in [0.3, 0.4) is 0 Å². The van der Waals surface area contributed by atoms with E-state index in [4.69, 9.17) is 4.74 Å². The Morgan fingerprint density at radius 2 is 2.05 bits per heavy atom. The first-order valence-corrected chi connectivity index (χ1v) is 8.05. The van der Waals surface area contributed by atoms with Crippen LogP contribution in [0.5, 0.6) is 0 Å². The molecular formula is C13H21N3O3S. The molecule has 1 aromatic rings. The van der Waals surface area contributed by atoms with Gasteiger partial charge in [-0.05, 0) is 25.5 Å². The molecule has 1 fully saturated rings. The van der Waals surface area contributed by atoms with Gasteiger partial charge >= 0.3 is 0 Å². The van der Waals surface area contributed by atoms with Crippen LogP contribution in [0.4, 0.5) is 0 Å². The number of aromatic nitrogens is 1. The van der Waals surface area contributed by atoms with E-state index < -0.39 is 10.2 Å². The molecule has 1 aromatic heterocycles. The zero-order chi connectivity index (χ0) is 14.8. The molecule has 0 spiro atoms. The number of hydrogen-bond donors (Lipinski definition) is 0. The van der Waals surface area contributed by atoms with E-state index >= 15 is 0 Å². The van der Waals surface area contributed by atoms with Crippen LogP contribution in [0.15, 0.2) is 24.5 Å². The fourth-order valence-corrected chi connectivity index (χ4v) is 3.85. The summed E-state index contributed by atoms with van der Waals surface area (Å²) in [4.78, 5) is 4.00. The van der Waals surface area contributed by atoms with Gasteiger partial charge in [0.2, 0.25) is 0 Å². The minimum atomic E-state index is -3.47. The summed E-state index contributed by atoms with van der Waals surface area (Å²) in [6, 6.07) is 3.66. The number of nitrogens with zero attached hydrogens (tertiary/aromatic N) is 3. The summed E-state index contributed by atoms with van der Waals surface area (Å²) in [7, 11) is -1.88. The van der Waals surface area contributed by atoms with E-state index in [-0.39, 0.29) is 12.2 Å². The molecule has 0 radical (unpaired) electrons. The third kappa shape index (κ3) is 3.54. The second-order valence-corrected chi connectivity index (χ2v) is 7.23. The van der Waals surface area contributed by atoms with Crippen molar-refractivity contribution in [1.29, 1.82) is 0 Å². The first kappa shape index (κ1) is 15.4. The van der Waals surface area contributed by atoms with E-state index in [1.54, 1.807) is 25.5 Å². The molecular weight excluding hydrogens is 278 g/mol. The summed E-state index contributed by atoms with van der Waals surface area (Å²) in [5, 5.41) is 0. The van der Waals surface area contributed by atoms with Crippen molar-refractivity contribution in [3.05, 3.63) is 30.1 Å². The van der Waals surface area contributed by atoms with Crippen LogP contribution >= 0.6 is 0 Å². The maximum atomic E-state index is 12.6. The Hall–Kier alpha value is -1.02. The summed E-state index contributed by atoms with van der Waals surface area (Å²) < 4.78 is 33.5. The highest BCUT2D eigenvalue weighted by Gasteiger charge is 2.33. The van der Waals surface area contributed by atoms with Gasteiger partial charge in [0, 0.05) is 39.1 Å². The summed E-state index contributed by atoms with van der Waals surface area (Å²) >= 11 is 0. The van der Waals surface area contributed by atoms with Crippen LogP contribution < -0.4 is 0 Å². The van der Waals surface area contributed by atoms with Gasteiger partial charge in [-0.2, -0.15) is 17.0 Å². The molecule has 112 valence electrons. The SMILES string of the molecule is C[C@H]1CN(S(=O)(=O)N(C)Cc2cccnc2)C[C@H](C)O1. The Morgan fingerprint density at radius 3 is 2.60 bits per heavy atom. The molecule has 2 rings (SSSR count). The van der Waals surface area contributed by atoms with Crippen molar-refractivity contribution in [3.8, 4) is 0 Å². The average Bonchev–Trinajstić information content (AvgIpc) is 2.38. The topological polar surface area (TPSA) is 62.7 Å². The summed E-state index contributed by atoms with van der Waals surface area (Å²) in [6.07, 6.45) is 3.18. The first-order valence-electron chi connectivity index (χ1n) is 6.65. The zero-order valence-electron chi connectivity index (χ0n) is 12.1. The van der Waals surface area contributed by atoms with Gasteiger partial charge in [-0.15, -0.1) is 0 Å². The number of hydrogen-bond acceptors (Lipinski definition) is 4. The van der Waals surface area contributed by atoms with Gasteiger partial charge < -0.3 is 4.74 Å². The lowest BCUT2D eigenvalue weighted by molar-refractivity contribution is -0.0453. The monoisotopic (exact) mass is 299 g/mol. The second-order valence-electron chi connectivity index (χ2n) is 5.20. The van der Waals surface area contributed by atoms with Gasteiger partial charge in [0.1, 0.15) is 0 Å². The fourth-order valence-electron chi connectivity index (χ4n) is 2.35. The third-order valence-corrected chi connectivity index (χ3v) is 5.10. The van der Waals surface area contributed by atoms with E-state index in [0.29, 0.717) is 19.6 Å². The minimum absolute atomic E-state index is 0.0830. The number of rotatable bonds is 4. The highest BCUT2D eigenvalue weighted by molar-refractivity contribution is 7.86. The van der Waals surface area contributed by atoms with Crippen molar-refractivity contribution in [1.82, 2.24) is 13.6 Å². The van der Waals surface area contributed by atoms with Crippen LogP contribution in [0.25, 0.3) is 0 Å². The quantitative estimate of drug-likeness (QED) is 0.827. The van der Waals surface area contributed by atoms with Crippen LogP contribution in [-0.4, -0.2) is 54.4 Å². The minimum Gasteiger partial charge on any atom is -0.373 e. The molecule has 0 aliphatic carbocycles. The fraction of sp³-hybridized carbons (Fsp3) is 0.615. The van der Waals surface area contributed by atoms with Crippen LogP contribution in [0.2, 0.25) is 0 Å². The molecule has 2 heterocycles. The number of morpholine rings is 1. The van der Waals surface area contributed by atoms with Gasteiger partial charge in [-0.3, -0.25) is 4.98 Å². The molecule has 0 aromatic carbocycles. The van der Waals surface area contributed by atoms with Crippen molar-refractivity contribution in [2.75, 3.05) is 20.1 Å². The predicted octanol–water partition coefficient (Wildman–Crippen LogP) is 0.867. The highest BCUT2D eigenvalue weighted by atomic mass is 32.2. The van der Waals surface area contributed by atoms with Crippen molar-refractivity contribution >= 4 is 10.2 Å². The Kier molecular flexibility index (Phi) is 4.74. The van der Waals surface area contributed by atoms with E-state index in [0.717, 1.165) is 5.56 Å². The summed E-state index contributed by atoms with van der Waals surface area (Å²) in [6.45, 7) is 4.88. The van der Waals surface area contributed by atoms with Crippen LogP contribution in [0, 0.1) is 0 Å². The third-order valence-electron chi connectivity index (χ3n) is 3.23. The molecule has 0 unspecified atom stereocenters. The molecule has 0 bridgehead atoms. The molecule has 1 aliphatic heterocycles. The lowest BCUT2D eigenvalue weighted by Gasteiger charge is -2.36. The van der Waals surface area contributed by atoms with Crippen LogP contribution in [0.1, 0.15) is 19.4 Å². The largest absolute Gasteiger partial charge is 0.373 e. The smallest absolute Gasteiger partial charge is 0.282 e. The molecule has 2 atom stereocenters. The lowest BCUT2D eigenvalue weighted by atomic mass is 10.3. The average molecular weight is 299 g/mol. The van der Waals surface area contributed by atoms with Crippen molar-refractivity contribution < 1.29 is 13.2 Å². The maximum Gasteiger partial charge on any atom is 0.282 e. The highest BCUT2D eigenvalue weighted by Crippen LogP contribution is 2.17. The molecule has 1 saturated heterocycles. The molecule has 20 heavy (non-hydrogen) atoms.